The number of hydrogen-bond donors (Lipinski definition) is 1. The van der Waals surface area contributed by atoms with E-state index in [-0.39, 0.29) is 11.5 Å². The Balaban J connectivity index is 2.61. The number of rotatable bonds is 7. The van der Waals surface area contributed by atoms with Gasteiger partial charge in [-0.05, 0) is 25.5 Å². The Morgan fingerprint density at radius 2 is 1.95 bits per heavy atom. The van der Waals surface area contributed by atoms with E-state index >= 15 is 0 Å². The van der Waals surface area contributed by atoms with Crippen LogP contribution in [0.3, 0.4) is 0 Å². The van der Waals surface area contributed by atoms with Crippen molar-refractivity contribution in [3.05, 3.63) is 23.4 Å². The van der Waals surface area contributed by atoms with Crippen LogP contribution in [0.4, 0.5) is 19.0 Å². The lowest BCUT2D eigenvalue weighted by atomic mass is 10.2. The number of alkyl halides is 3. The third kappa shape index (κ3) is 5.80. The summed E-state index contributed by atoms with van der Waals surface area (Å²) in [4.78, 5) is 3.99. The van der Waals surface area contributed by atoms with E-state index in [9.17, 15) is 21.6 Å². The van der Waals surface area contributed by atoms with Crippen molar-refractivity contribution >= 4 is 15.8 Å². The maximum Gasteiger partial charge on any atom is 0.416 e. The van der Waals surface area contributed by atoms with Crippen LogP contribution in [0, 0.1) is 6.92 Å². The molecule has 0 aliphatic rings. The van der Waals surface area contributed by atoms with Gasteiger partial charge in [0.2, 0.25) is 10.0 Å². The van der Waals surface area contributed by atoms with Gasteiger partial charge in [0.05, 0.1) is 11.8 Å². The second kappa shape index (κ2) is 7.28. The summed E-state index contributed by atoms with van der Waals surface area (Å²) in [6.45, 7) is 4.22. The van der Waals surface area contributed by atoms with Crippen LogP contribution in [-0.2, 0) is 16.2 Å². The first-order valence-electron chi connectivity index (χ1n) is 6.79. The van der Waals surface area contributed by atoms with Gasteiger partial charge in [0, 0.05) is 25.3 Å². The van der Waals surface area contributed by atoms with Gasteiger partial charge >= 0.3 is 6.18 Å². The fraction of sp³-hybridized carbons (Fsp3) is 0.615. The molecule has 0 spiro atoms. The lowest BCUT2D eigenvalue weighted by molar-refractivity contribution is -0.137. The number of hydrogen-bond acceptors (Lipinski definition) is 4. The minimum atomic E-state index is -4.42. The molecule has 0 unspecified atom stereocenters. The van der Waals surface area contributed by atoms with Crippen molar-refractivity contribution in [3.8, 4) is 0 Å². The molecule has 1 rings (SSSR count). The third-order valence-electron chi connectivity index (χ3n) is 2.99. The third-order valence-corrected chi connectivity index (χ3v) is 4.37. The van der Waals surface area contributed by atoms with Crippen LogP contribution in [0.25, 0.3) is 0 Å². The highest BCUT2D eigenvalue weighted by Gasteiger charge is 2.31. The second-order valence-electron chi connectivity index (χ2n) is 4.92. The SMILES string of the molecule is CCN(CCCNc1cc(C(F)(F)F)cc(C)n1)S(C)(=O)=O. The Hall–Kier alpha value is -1.35. The standard InChI is InChI=1S/C13H20F3N3O2S/c1-4-19(22(3,20)21)7-5-6-17-12-9-11(13(14,15)16)8-10(2)18-12/h8-9H,4-7H2,1-3H3,(H,17,18). The first-order valence-corrected chi connectivity index (χ1v) is 8.63. The van der Waals surface area contributed by atoms with Crippen LogP contribution < -0.4 is 5.32 Å². The molecule has 1 aromatic heterocycles. The first kappa shape index (κ1) is 18.7. The molecule has 0 saturated heterocycles. The predicted octanol–water partition coefficient (Wildman–Crippen LogP) is 2.49. The van der Waals surface area contributed by atoms with Crippen molar-refractivity contribution in [2.45, 2.75) is 26.4 Å². The highest BCUT2D eigenvalue weighted by Crippen LogP contribution is 2.30. The van der Waals surface area contributed by atoms with Gasteiger partial charge in [-0.3, -0.25) is 0 Å². The summed E-state index contributed by atoms with van der Waals surface area (Å²) >= 11 is 0. The maximum atomic E-state index is 12.7. The molecule has 0 aliphatic heterocycles. The molecule has 9 heteroatoms. The molecule has 0 aliphatic carbocycles. The quantitative estimate of drug-likeness (QED) is 0.775. The number of anilines is 1. The number of nitrogens with one attached hydrogen (secondary N) is 1. The zero-order valence-corrected chi connectivity index (χ0v) is 13.6. The number of halogens is 3. The molecular formula is C13H20F3N3O2S. The van der Waals surface area contributed by atoms with Crippen LogP contribution >= 0.6 is 0 Å². The second-order valence-corrected chi connectivity index (χ2v) is 6.90. The topological polar surface area (TPSA) is 62.3 Å². The van der Waals surface area contributed by atoms with Gasteiger partial charge < -0.3 is 5.32 Å². The molecule has 0 atom stereocenters. The average molecular weight is 339 g/mol. The van der Waals surface area contributed by atoms with E-state index in [1.165, 1.54) is 11.2 Å². The van der Waals surface area contributed by atoms with Crippen molar-refractivity contribution in [1.29, 1.82) is 0 Å². The van der Waals surface area contributed by atoms with Gasteiger partial charge in [-0.1, -0.05) is 6.92 Å². The molecule has 0 radical (unpaired) electrons. The molecule has 126 valence electrons. The Labute approximate surface area is 128 Å². The van der Waals surface area contributed by atoms with E-state index in [0.717, 1.165) is 18.4 Å². The zero-order chi connectivity index (χ0) is 17.0. The summed E-state index contributed by atoms with van der Waals surface area (Å²) in [7, 11) is -3.25. The summed E-state index contributed by atoms with van der Waals surface area (Å²) in [5.74, 6) is 0.134. The van der Waals surface area contributed by atoms with Crippen molar-refractivity contribution in [3.63, 3.8) is 0 Å². The molecule has 0 saturated carbocycles. The van der Waals surface area contributed by atoms with Crippen molar-refractivity contribution in [2.24, 2.45) is 0 Å². The van der Waals surface area contributed by atoms with Gasteiger partial charge in [-0.2, -0.15) is 13.2 Å². The fourth-order valence-corrected chi connectivity index (χ4v) is 2.88. The average Bonchev–Trinajstić information content (AvgIpc) is 2.35. The largest absolute Gasteiger partial charge is 0.416 e. The maximum absolute atomic E-state index is 12.7. The fourth-order valence-electron chi connectivity index (χ4n) is 1.95. The molecule has 0 amide bonds. The molecular weight excluding hydrogens is 319 g/mol. The zero-order valence-electron chi connectivity index (χ0n) is 12.7. The highest BCUT2D eigenvalue weighted by molar-refractivity contribution is 7.88. The smallest absolute Gasteiger partial charge is 0.370 e. The first-order chi connectivity index (χ1) is 10.0. The van der Waals surface area contributed by atoms with Crippen LogP contribution in [0.1, 0.15) is 24.6 Å². The van der Waals surface area contributed by atoms with Crippen LogP contribution in [0.5, 0.6) is 0 Å². The summed E-state index contributed by atoms with van der Waals surface area (Å²) < 4.78 is 62.2. The Morgan fingerprint density at radius 1 is 1.32 bits per heavy atom. The number of pyridine rings is 1. The van der Waals surface area contributed by atoms with E-state index < -0.39 is 21.8 Å². The summed E-state index contributed by atoms with van der Waals surface area (Å²) in [6.07, 6.45) is -2.82. The summed E-state index contributed by atoms with van der Waals surface area (Å²) in [5.41, 5.74) is -0.488. The monoisotopic (exact) mass is 339 g/mol. The van der Waals surface area contributed by atoms with Gasteiger partial charge in [-0.15, -0.1) is 0 Å². The normalized spacial score (nSPS) is 12.7. The lowest BCUT2D eigenvalue weighted by Crippen LogP contribution is -2.31. The van der Waals surface area contributed by atoms with E-state index in [1.54, 1.807) is 6.92 Å². The molecule has 0 aromatic carbocycles. The molecule has 5 nitrogen and oxygen atoms in total. The Bertz CT molecular complexity index is 603. The van der Waals surface area contributed by atoms with Crippen LogP contribution in [0.15, 0.2) is 12.1 Å². The molecule has 22 heavy (non-hydrogen) atoms. The predicted molar refractivity (Wildman–Crippen MR) is 79.2 cm³/mol. The van der Waals surface area contributed by atoms with E-state index in [4.69, 9.17) is 0 Å². The molecule has 0 bridgehead atoms. The van der Waals surface area contributed by atoms with Crippen LogP contribution in [-0.4, -0.2) is 43.6 Å². The minimum Gasteiger partial charge on any atom is -0.370 e. The van der Waals surface area contributed by atoms with Gasteiger partial charge in [0.15, 0.2) is 0 Å². The summed E-state index contributed by atoms with van der Waals surface area (Å²) in [6, 6.07) is 1.93. The highest BCUT2D eigenvalue weighted by atomic mass is 32.2. The summed E-state index contributed by atoms with van der Waals surface area (Å²) in [5, 5.41) is 2.80. The van der Waals surface area contributed by atoms with E-state index in [2.05, 4.69) is 10.3 Å². The van der Waals surface area contributed by atoms with Crippen molar-refractivity contribution < 1.29 is 21.6 Å². The number of aromatic nitrogens is 1. The Morgan fingerprint density at radius 3 is 2.45 bits per heavy atom. The van der Waals surface area contributed by atoms with E-state index in [0.29, 0.717) is 26.1 Å². The molecule has 1 N–H and O–H groups in total. The molecule has 0 fully saturated rings. The minimum absolute atomic E-state index is 0.134. The van der Waals surface area contributed by atoms with Gasteiger partial charge in [0.1, 0.15) is 5.82 Å². The van der Waals surface area contributed by atoms with Gasteiger partial charge in [0.25, 0.3) is 0 Å². The number of sulfonamides is 1. The number of aryl methyl sites for hydroxylation is 1. The number of nitrogens with zero attached hydrogens (tertiary/aromatic N) is 2. The van der Waals surface area contributed by atoms with Crippen molar-refractivity contribution in [1.82, 2.24) is 9.29 Å². The Kier molecular flexibility index (Phi) is 6.18. The van der Waals surface area contributed by atoms with Crippen molar-refractivity contribution in [2.75, 3.05) is 31.2 Å². The van der Waals surface area contributed by atoms with Gasteiger partial charge in [-0.25, -0.2) is 17.7 Å². The lowest BCUT2D eigenvalue weighted by Gasteiger charge is -2.18. The van der Waals surface area contributed by atoms with E-state index in [1.807, 2.05) is 0 Å². The molecule has 1 heterocycles. The van der Waals surface area contributed by atoms with Crippen LogP contribution in [0.2, 0.25) is 0 Å². The molecule has 1 aromatic rings.